The van der Waals surface area contributed by atoms with Gasteiger partial charge in [-0.05, 0) is 106 Å². The summed E-state index contributed by atoms with van der Waals surface area (Å²) in [7, 11) is 0. The van der Waals surface area contributed by atoms with Gasteiger partial charge in [-0.25, -0.2) is 8.78 Å². The first kappa shape index (κ1) is 26.8. The number of hydrogen-bond donors (Lipinski definition) is 2. The summed E-state index contributed by atoms with van der Waals surface area (Å²) in [6, 6.07) is 4.21. The van der Waals surface area contributed by atoms with Crippen LogP contribution in [-0.2, 0) is 0 Å². The molecule has 5 fully saturated rings. The van der Waals surface area contributed by atoms with Crippen molar-refractivity contribution in [1.82, 2.24) is 14.9 Å². The molecule has 222 valence electrons. The SMILES string of the molecule is Oc1cc(Cl)c(C2CC2)c(-c2c(F)cc3c(N4CC5CC(O)C(C5)C4)nc(OCC45CCCN4CCC5)nc3c2F)c1. The maximum Gasteiger partial charge on any atom is 0.319 e. The molecule has 3 unspecified atom stereocenters. The van der Waals surface area contributed by atoms with E-state index in [1.165, 1.54) is 18.2 Å². The minimum Gasteiger partial charge on any atom is -0.508 e. The smallest absolute Gasteiger partial charge is 0.319 e. The highest BCUT2D eigenvalue weighted by Gasteiger charge is 2.45. The number of anilines is 1. The van der Waals surface area contributed by atoms with Crippen molar-refractivity contribution in [2.24, 2.45) is 11.8 Å². The third kappa shape index (κ3) is 4.34. The first-order valence-corrected chi connectivity index (χ1v) is 15.7. The molecule has 0 radical (unpaired) electrons. The zero-order chi connectivity index (χ0) is 28.7. The van der Waals surface area contributed by atoms with Gasteiger partial charge < -0.3 is 19.8 Å². The van der Waals surface area contributed by atoms with Gasteiger partial charge in [0.15, 0.2) is 5.82 Å². The minimum atomic E-state index is -0.816. The number of benzene rings is 2. The van der Waals surface area contributed by atoms with Gasteiger partial charge in [0, 0.05) is 29.4 Å². The van der Waals surface area contributed by atoms with Gasteiger partial charge in [0.2, 0.25) is 0 Å². The number of aromatic hydroxyl groups is 1. The number of aliphatic hydroxyl groups is 1. The van der Waals surface area contributed by atoms with E-state index in [-0.39, 0.29) is 57.3 Å². The third-order valence-corrected chi connectivity index (χ3v) is 10.8. The standard InChI is InChI=1S/C32H35ClF2N4O3/c33-23-12-20(40)11-21(26(23)18-3-4-18)27-24(34)13-22-29(28(27)35)36-31(42-16-32-5-1-7-39(32)8-2-6-32)37-30(22)38-14-17-9-19(15-38)25(41)10-17/h11-13,17-19,25,40-41H,1-10,14-16H2. The van der Waals surface area contributed by atoms with Crippen molar-refractivity contribution in [3.8, 4) is 22.9 Å². The molecule has 2 N–H and O–H groups in total. The second kappa shape index (κ2) is 9.89. The fourth-order valence-corrected chi connectivity index (χ4v) is 8.74. The van der Waals surface area contributed by atoms with Crippen LogP contribution in [-0.4, -0.2) is 69.5 Å². The summed E-state index contributed by atoms with van der Waals surface area (Å²) in [5.74, 6) is -0.805. The monoisotopic (exact) mass is 596 g/mol. The lowest BCUT2D eigenvalue weighted by Gasteiger charge is -2.34. The molecule has 2 saturated carbocycles. The van der Waals surface area contributed by atoms with Gasteiger partial charge >= 0.3 is 6.01 Å². The molecule has 0 amide bonds. The Labute approximate surface area is 248 Å². The highest BCUT2D eigenvalue weighted by Crippen LogP contribution is 2.50. The van der Waals surface area contributed by atoms with E-state index in [1.807, 2.05) is 4.90 Å². The lowest BCUT2D eigenvalue weighted by Crippen LogP contribution is -2.43. The van der Waals surface area contributed by atoms with Crippen LogP contribution in [0.3, 0.4) is 0 Å². The number of phenols is 1. The molecule has 5 aliphatic rings. The van der Waals surface area contributed by atoms with Crippen LogP contribution in [0.1, 0.15) is 62.8 Å². The van der Waals surface area contributed by atoms with Crippen LogP contribution in [0.5, 0.6) is 11.8 Å². The molecule has 3 atom stereocenters. The van der Waals surface area contributed by atoms with E-state index < -0.39 is 11.6 Å². The van der Waals surface area contributed by atoms with E-state index in [2.05, 4.69) is 9.88 Å². The number of phenolic OH excluding ortho intramolecular Hbond substituents is 1. The molecule has 2 bridgehead atoms. The Kier molecular flexibility index (Phi) is 6.32. The van der Waals surface area contributed by atoms with Crippen molar-refractivity contribution < 1.29 is 23.7 Å². The van der Waals surface area contributed by atoms with Crippen LogP contribution in [0, 0.1) is 23.5 Å². The number of nitrogens with zero attached hydrogens (tertiary/aromatic N) is 4. The Bertz CT molecular complexity index is 1570. The van der Waals surface area contributed by atoms with Crippen LogP contribution >= 0.6 is 11.6 Å². The minimum absolute atomic E-state index is 0.0155. The van der Waals surface area contributed by atoms with E-state index in [0.29, 0.717) is 42.0 Å². The van der Waals surface area contributed by atoms with Crippen LogP contribution in [0.25, 0.3) is 22.0 Å². The number of aliphatic hydroxyl groups excluding tert-OH is 1. The molecule has 3 aromatic rings. The second-order valence-corrected chi connectivity index (χ2v) is 13.6. The van der Waals surface area contributed by atoms with Gasteiger partial charge in [-0.3, -0.25) is 4.90 Å². The topological polar surface area (TPSA) is 82.0 Å². The van der Waals surface area contributed by atoms with Crippen molar-refractivity contribution in [2.45, 2.75) is 68.9 Å². The quantitative estimate of drug-likeness (QED) is 0.360. The van der Waals surface area contributed by atoms with Crippen molar-refractivity contribution in [2.75, 3.05) is 37.7 Å². The number of halogens is 3. The average Bonchev–Trinajstić information content (AvgIpc) is 3.49. The molecule has 7 nitrogen and oxygen atoms in total. The number of hydrogen-bond acceptors (Lipinski definition) is 7. The zero-order valence-corrected chi connectivity index (χ0v) is 24.2. The maximum atomic E-state index is 16.7. The third-order valence-electron chi connectivity index (χ3n) is 10.5. The lowest BCUT2D eigenvalue weighted by molar-refractivity contribution is 0.108. The maximum absolute atomic E-state index is 16.7. The highest BCUT2D eigenvalue weighted by atomic mass is 35.5. The first-order valence-electron chi connectivity index (χ1n) is 15.3. The fraction of sp³-hybridized carbons (Fsp3) is 0.562. The summed E-state index contributed by atoms with van der Waals surface area (Å²) in [5.41, 5.74) is 0.603. The van der Waals surface area contributed by atoms with Crippen LogP contribution in [0.15, 0.2) is 18.2 Å². The van der Waals surface area contributed by atoms with E-state index in [9.17, 15) is 10.2 Å². The van der Waals surface area contributed by atoms with Crippen molar-refractivity contribution in [1.29, 1.82) is 0 Å². The van der Waals surface area contributed by atoms with Crippen LogP contribution in [0.4, 0.5) is 14.6 Å². The Hall–Kier alpha value is -2.75. The summed E-state index contributed by atoms with van der Waals surface area (Å²) in [6.45, 7) is 3.74. The lowest BCUT2D eigenvalue weighted by atomic mass is 9.94. The van der Waals surface area contributed by atoms with E-state index in [1.54, 1.807) is 0 Å². The molecule has 2 aliphatic carbocycles. The Morgan fingerprint density at radius 3 is 2.57 bits per heavy atom. The number of ether oxygens (including phenoxy) is 1. The Morgan fingerprint density at radius 2 is 1.83 bits per heavy atom. The van der Waals surface area contributed by atoms with E-state index >= 15 is 8.78 Å². The molecule has 0 spiro atoms. The Morgan fingerprint density at radius 1 is 1.05 bits per heavy atom. The molecule has 1 aromatic heterocycles. The van der Waals surface area contributed by atoms with Crippen LogP contribution in [0.2, 0.25) is 5.02 Å². The van der Waals surface area contributed by atoms with Crippen LogP contribution < -0.4 is 9.64 Å². The summed E-state index contributed by atoms with van der Waals surface area (Å²) >= 11 is 6.50. The first-order chi connectivity index (χ1) is 20.3. The molecule has 42 heavy (non-hydrogen) atoms. The van der Waals surface area contributed by atoms with Gasteiger partial charge in [0.1, 0.15) is 29.5 Å². The summed E-state index contributed by atoms with van der Waals surface area (Å²) in [5, 5.41) is 21.5. The molecule has 3 saturated heterocycles. The second-order valence-electron chi connectivity index (χ2n) is 13.2. The number of fused-ring (bicyclic) bond motifs is 4. The van der Waals surface area contributed by atoms with Gasteiger partial charge in [-0.2, -0.15) is 9.97 Å². The number of piperidine rings is 1. The molecular formula is C32H35ClF2N4O3. The zero-order valence-electron chi connectivity index (χ0n) is 23.5. The summed E-state index contributed by atoms with van der Waals surface area (Å²) in [4.78, 5) is 13.9. The van der Waals surface area contributed by atoms with Gasteiger partial charge in [0.25, 0.3) is 0 Å². The molecule has 10 heteroatoms. The molecule has 4 heterocycles. The van der Waals surface area contributed by atoms with Crippen molar-refractivity contribution in [3.63, 3.8) is 0 Å². The molecule has 3 aliphatic heterocycles. The van der Waals surface area contributed by atoms with Crippen molar-refractivity contribution in [3.05, 3.63) is 40.4 Å². The van der Waals surface area contributed by atoms with E-state index in [0.717, 1.165) is 64.5 Å². The number of rotatable bonds is 6. The molecule has 2 aromatic carbocycles. The van der Waals surface area contributed by atoms with Gasteiger partial charge in [-0.1, -0.05) is 11.6 Å². The largest absolute Gasteiger partial charge is 0.508 e. The van der Waals surface area contributed by atoms with Crippen molar-refractivity contribution >= 4 is 28.3 Å². The van der Waals surface area contributed by atoms with Gasteiger partial charge in [0.05, 0.1) is 17.2 Å². The summed E-state index contributed by atoms with van der Waals surface area (Å²) < 4.78 is 39.0. The summed E-state index contributed by atoms with van der Waals surface area (Å²) in [6.07, 6.45) is 7.38. The molecule has 8 rings (SSSR count). The van der Waals surface area contributed by atoms with Gasteiger partial charge in [-0.15, -0.1) is 0 Å². The highest BCUT2D eigenvalue weighted by molar-refractivity contribution is 6.32. The number of aromatic nitrogens is 2. The Balaban J connectivity index is 1.26. The fourth-order valence-electron chi connectivity index (χ4n) is 8.37. The predicted molar refractivity (Wildman–Crippen MR) is 156 cm³/mol. The van der Waals surface area contributed by atoms with E-state index in [4.69, 9.17) is 21.3 Å². The normalized spacial score (nSPS) is 26.8. The predicted octanol–water partition coefficient (Wildman–Crippen LogP) is 6.03. The average molecular weight is 597 g/mol. The molecular weight excluding hydrogens is 562 g/mol.